The third kappa shape index (κ3) is 18.6. The predicted octanol–water partition coefficient (Wildman–Crippen LogP) is 2.08. The van der Waals surface area contributed by atoms with Crippen LogP contribution in [0.25, 0.3) is 0 Å². The van der Waals surface area contributed by atoms with Gasteiger partial charge in [0.2, 0.25) is 11.8 Å². The second kappa shape index (κ2) is 24.4. The number of sulfone groups is 1. The summed E-state index contributed by atoms with van der Waals surface area (Å²) in [6.45, 7) is 10.1. The number of benzene rings is 1. The fourth-order valence-corrected chi connectivity index (χ4v) is 5.09. The summed E-state index contributed by atoms with van der Waals surface area (Å²) in [5, 5.41) is 10.7. The molecule has 274 valence electrons. The molecule has 1 amide bonds. The largest absolute Gasteiger partial charge is 0.480 e. The number of amides is 1. The van der Waals surface area contributed by atoms with Gasteiger partial charge in [-0.25, -0.2) is 13.4 Å². The lowest BCUT2D eigenvalue weighted by molar-refractivity contribution is -0.121. The Hall–Kier alpha value is -3.74. The van der Waals surface area contributed by atoms with Crippen molar-refractivity contribution in [2.45, 2.75) is 50.5 Å². The molecule has 0 unspecified atom stereocenters. The summed E-state index contributed by atoms with van der Waals surface area (Å²) in [4.78, 5) is 19.1. The van der Waals surface area contributed by atoms with E-state index in [9.17, 15) is 13.2 Å². The van der Waals surface area contributed by atoms with Crippen molar-refractivity contribution in [3.8, 4) is 5.88 Å². The van der Waals surface area contributed by atoms with Gasteiger partial charge in [0, 0.05) is 38.1 Å². The first-order valence-corrected chi connectivity index (χ1v) is 17.7. The van der Waals surface area contributed by atoms with Crippen molar-refractivity contribution in [3.63, 3.8) is 0 Å². The van der Waals surface area contributed by atoms with Crippen molar-refractivity contribution in [1.29, 1.82) is 0 Å². The molecule has 3 N–H and O–H groups in total. The number of hydrogen-bond acceptors (Lipinski definition) is 14. The van der Waals surface area contributed by atoms with Crippen LogP contribution >= 0.6 is 0 Å². The normalized spacial score (nSPS) is 11.3. The number of nitrogens with zero attached hydrogens (tertiary/aromatic N) is 5. The van der Waals surface area contributed by atoms with E-state index < -0.39 is 9.84 Å². The van der Waals surface area contributed by atoms with E-state index in [-0.39, 0.29) is 28.1 Å². The minimum absolute atomic E-state index is 0.0281. The number of nitrogens with one attached hydrogen (secondary N) is 1. The first-order valence-electron chi connectivity index (χ1n) is 16.0. The van der Waals surface area contributed by atoms with Crippen molar-refractivity contribution in [2.24, 2.45) is 5.92 Å². The SMILES string of the molecule is CNC(=O)CCOCCOCCOCCOCCOCc1cn(CCC(C)C)nn1.COc1nccnc1CS(=O)(=O)c1ccc(N)cc1. The summed E-state index contributed by atoms with van der Waals surface area (Å²) in [6.07, 6.45) is 6.25. The van der Waals surface area contributed by atoms with Crippen LogP contribution in [-0.4, -0.2) is 113 Å². The van der Waals surface area contributed by atoms with Crippen molar-refractivity contribution < 1.29 is 41.6 Å². The van der Waals surface area contributed by atoms with Crippen LogP contribution in [0, 0.1) is 5.92 Å². The van der Waals surface area contributed by atoms with Crippen LogP contribution in [0.3, 0.4) is 0 Å². The standard InChI is InChI=1S/C20H38N4O6.C12H13N3O3S/c1-18(2)4-6-24-16-19(22-23-24)17-30-15-14-29-13-12-28-11-10-27-9-8-26-7-5-20(25)21-3;1-18-12-11(14-6-7-15-12)8-19(16,17)10-4-2-9(13)3-5-10/h16,18H,4-15,17H2,1-3H3,(H,21,25);2-7H,8,13H2,1H3. The molecule has 16 nitrogen and oxygen atoms in total. The molecule has 3 rings (SSSR count). The van der Waals surface area contributed by atoms with Gasteiger partial charge in [-0.1, -0.05) is 19.1 Å². The van der Waals surface area contributed by atoms with E-state index in [1.165, 1.54) is 31.6 Å². The highest BCUT2D eigenvalue weighted by Crippen LogP contribution is 2.20. The lowest BCUT2D eigenvalue weighted by atomic mass is 10.1. The van der Waals surface area contributed by atoms with Crippen LogP contribution < -0.4 is 15.8 Å². The Bertz CT molecular complexity index is 1420. The Kier molecular flexibility index (Phi) is 20.6. The van der Waals surface area contributed by atoms with Gasteiger partial charge in [0.1, 0.15) is 17.1 Å². The molecule has 0 aliphatic heterocycles. The zero-order valence-corrected chi connectivity index (χ0v) is 29.7. The highest BCUT2D eigenvalue weighted by molar-refractivity contribution is 7.90. The molecule has 0 aliphatic carbocycles. The van der Waals surface area contributed by atoms with E-state index in [0.717, 1.165) is 18.7 Å². The molecule has 0 saturated carbocycles. The second-order valence-corrected chi connectivity index (χ2v) is 12.9. The first-order chi connectivity index (χ1) is 23.6. The molecule has 0 atom stereocenters. The molecular formula is C32H51N7O9S. The molecule has 0 aliphatic rings. The van der Waals surface area contributed by atoms with Crippen LogP contribution in [0.15, 0.2) is 47.8 Å². The lowest BCUT2D eigenvalue weighted by Crippen LogP contribution is -2.20. The van der Waals surface area contributed by atoms with Gasteiger partial charge in [0.15, 0.2) is 9.84 Å². The highest BCUT2D eigenvalue weighted by atomic mass is 32.2. The van der Waals surface area contributed by atoms with Crippen molar-refractivity contribution in [3.05, 3.63) is 54.2 Å². The average Bonchev–Trinajstić information content (AvgIpc) is 3.55. The molecule has 0 spiro atoms. The molecule has 2 heterocycles. The van der Waals surface area contributed by atoms with Crippen molar-refractivity contribution in [2.75, 3.05) is 79.4 Å². The number of nitrogen functional groups attached to an aromatic ring is 1. The molecule has 0 fully saturated rings. The smallest absolute Gasteiger partial charge is 0.236 e. The summed E-state index contributed by atoms with van der Waals surface area (Å²) in [7, 11) is -0.475. The van der Waals surface area contributed by atoms with E-state index in [1.807, 2.05) is 10.9 Å². The third-order valence-electron chi connectivity index (χ3n) is 6.51. The molecule has 0 bridgehead atoms. The minimum Gasteiger partial charge on any atom is -0.480 e. The van der Waals surface area contributed by atoms with Crippen LogP contribution in [0.1, 0.15) is 38.1 Å². The second-order valence-electron chi connectivity index (χ2n) is 10.9. The Morgan fingerprint density at radius 2 is 1.45 bits per heavy atom. The summed E-state index contributed by atoms with van der Waals surface area (Å²) in [5.41, 5.74) is 7.15. The van der Waals surface area contributed by atoms with Crippen molar-refractivity contribution >= 4 is 21.4 Å². The number of hydrogen-bond donors (Lipinski definition) is 2. The Balaban J connectivity index is 0.000000374. The molecule has 0 radical (unpaired) electrons. The number of carbonyl (C=O) groups excluding carboxylic acids is 1. The van der Waals surface area contributed by atoms with Gasteiger partial charge >= 0.3 is 0 Å². The van der Waals surface area contributed by atoms with Crippen LogP contribution in [0.2, 0.25) is 0 Å². The summed E-state index contributed by atoms with van der Waals surface area (Å²) in [6, 6.07) is 6.02. The zero-order chi connectivity index (χ0) is 35.7. The van der Waals surface area contributed by atoms with Gasteiger partial charge in [-0.2, -0.15) is 0 Å². The summed E-state index contributed by atoms with van der Waals surface area (Å²) >= 11 is 0. The monoisotopic (exact) mass is 709 g/mol. The number of aryl methyl sites for hydroxylation is 1. The Labute approximate surface area is 288 Å². The first kappa shape index (κ1) is 41.4. The molecule has 49 heavy (non-hydrogen) atoms. The van der Waals surface area contributed by atoms with Crippen LogP contribution in [0.5, 0.6) is 5.88 Å². The van der Waals surface area contributed by atoms with Crippen LogP contribution in [0.4, 0.5) is 5.69 Å². The number of ether oxygens (including phenoxy) is 6. The predicted molar refractivity (Wildman–Crippen MR) is 181 cm³/mol. The maximum Gasteiger partial charge on any atom is 0.236 e. The molecule has 1 aromatic carbocycles. The van der Waals surface area contributed by atoms with Gasteiger partial charge < -0.3 is 39.5 Å². The van der Waals surface area contributed by atoms with Gasteiger partial charge in [-0.05, 0) is 36.6 Å². The molecule has 17 heteroatoms. The maximum absolute atomic E-state index is 12.2. The van der Waals surface area contributed by atoms with E-state index in [4.69, 9.17) is 34.2 Å². The van der Waals surface area contributed by atoms with E-state index >= 15 is 0 Å². The van der Waals surface area contributed by atoms with E-state index in [0.29, 0.717) is 84.1 Å². The highest BCUT2D eigenvalue weighted by Gasteiger charge is 2.19. The number of methoxy groups -OCH3 is 1. The minimum atomic E-state index is -3.50. The Morgan fingerprint density at radius 1 is 0.878 bits per heavy atom. The fourth-order valence-electron chi connectivity index (χ4n) is 3.81. The van der Waals surface area contributed by atoms with Gasteiger partial charge in [0.05, 0.1) is 84.3 Å². The summed E-state index contributed by atoms with van der Waals surface area (Å²) < 4.78 is 58.4. The van der Waals surface area contributed by atoms with E-state index in [1.54, 1.807) is 19.2 Å². The fraction of sp³-hybridized carbons (Fsp3) is 0.594. The Morgan fingerprint density at radius 3 is 2.02 bits per heavy atom. The third-order valence-corrected chi connectivity index (χ3v) is 8.15. The van der Waals surface area contributed by atoms with Crippen LogP contribution in [-0.2, 0) is 57.2 Å². The molecular weight excluding hydrogens is 658 g/mol. The van der Waals surface area contributed by atoms with Crippen molar-refractivity contribution in [1.82, 2.24) is 30.3 Å². The topological polar surface area (TPSA) is 201 Å². The summed E-state index contributed by atoms with van der Waals surface area (Å²) in [5.74, 6) is 0.559. The lowest BCUT2D eigenvalue weighted by Gasteiger charge is -2.07. The maximum atomic E-state index is 12.2. The number of rotatable bonds is 24. The number of carbonyl (C=O) groups is 1. The zero-order valence-electron chi connectivity index (χ0n) is 28.9. The van der Waals surface area contributed by atoms with Gasteiger partial charge in [0.25, 0.3) is 0 Å². The number of aromatic nitrogens is 5. The van der Waals surface area contributed by atoms with Gasteiger partial charge in [-0.3, -0.25) is 14.5 Å². The van der Waals surface area contributed by atoms with Gasteiger partial charge in [-0.15, -0.1) is 5.10 Å². The molecule has 3 aromatic rings. The van der Waals surface area contributed by atoms with E-state index in [2.05, 4.69) is 39.4 Å². The number of nitrogens with two attached hydrogens (primary N) is 1. The number of anilines is 1. The molecule has 0 saturated heterocycles. The molecule has 2 aromatic heterocycles. The average molecular weight is 710 g/mol. The quantitative estimate of drug-likeness (QED) is 0.101.